The second-order valence-electron chi connectivity index (χ2n) is 7.39. The molecule has 4 rings (SSSR count). The fourth-order valence-electron chi connectivity index (χ4n) is 3.55. The van der Waals surface area contributed by atoms with Gasteiger partial charge in [0.2, 0.25) is 0 Å². The van der Waals surface area contributed by atoms with E-state index in [4.69, 9.17) is 12.2 Å². The van der Waals surface area contributed by atoms with Crippen LogP contribution in [0, 0.1) is 25.5 Å². The highest BCUT2D eigenvalue weighted by atomic mass is 32.1. The Morgan fingerprint density at radius 2 is 1.74 bits per heavy atom. The molecule has 0 spiro atoms. The van der Waals surface area contributed by atoms with Gasteiger partial charge >= 0.3 is 6.18 Å². The zero-order valence-corrected chi connectivity index (χ0v) is 18.1. The number of benzene rings is 1. The quantitative estimate of drug-likeness (QED) is 0.467. The third kappa shape index (κ3) is 3.80. The van der Waals surface area contributed by atoms with Gasteiger partial charge in [-0.05, 0) is 44.6 Å². The summed E-state index contributed by atoms with van der Waals surface area (Å²) < 4.78 is 44.2. The minimum absolute atomic E-state index is 0.0623. The number of aryl methyl sites for hydroxylation is 3. The number of hydrogen-bond acceptors (Lipinski definition) is 4. The van der Waals surface area contributed by atoms with Gasteiger partial charge in [0.15, 0.2) is 10.6 Å². The first-order chi connectivity index (χ1) is 14.6. The Balaban J connectivity index is 1.80. The van der Waals surface area contributed by atoms with Gasteiger partial charge in [-0.25, -0.2) is 0 Å². The van der Waals surface area contributed by atoms with Gasteiger partial charge in [-0.1, -0.05) is 29.8 Å². The fraction of sp³-hybridized carbons (Fsp3) is 0.300. The van der Waals surface area contributed by atoms with Crippen molar-refractivity contribution < 1.29 is 13.2 Å². The first-order valence-electron chi connectivity index (χ1n) is 9.45. The number of alkyl halides is 3. The molecule has 4 aromatic rings. The van der Waals surface area contributed by atoms with E-state index >= 15 is 0 Å². The molecule has 0 atom stereocenters. The molecule has 0 saturated heterocycles. The molecule has 0 fully saturated rings. The summed E-state index contributed by atoms with van der Waals surface area (Å²) in [5.74, 6) is 0.192. The molecule has 3 aromatic heterocycles. The van der Waals surface area contributed by atoms with E-state index in [1.165, 1.54) is 12.6 Å². The highest BCUT2D eigenvalue weighted by Crippen LogP contribution is 2.32. The second kappa shape index (κ2) is 7.49. The molecule has 7 nitrogen and oxygen atoms in total. The molecule has 3 heterocycles. The van der Waals surface area contributed by atoms with Crippen LogP contribution in [-0.4, -0.2) is 34.3 Å². The average Bonchev–Trinajstić information content (AvgIpc) is 3.33. The first-order valence-corrected chi connectivity index (χ1v) is 9.86. The maximum atomic E-state index is 13.2. The van der Waals surface area contributed by atoms with Crippen LogP contribution < -0.4 is 0 Å². The molecule has 0 unspecified atom stereocenters. The Hall–Kier alpha value is -3.21. The molecule has 0 aliphatic rings. The van der Waals surface area contributed by atoms with E-state index < -0.39 is 11.9 Å². The third-order valence-electron chi connectivity index (χ3n) is 5.09. The van der Waals surface area contributed by atoms with Gasteiger partial charge in [-0.3, -0.25) is 19.0 Å². The summed E-state index contributed by atoms with van der Waals surface area (Å²) in [6.07, 6.45) is -4.53. The second-order valence-corrected chi connectivity index (χ2v) is 7.77. The number of nitrogens with zero attached hydrogens (tertiary/aromatic N) is 6. The minimum Gasteiger partial charge on any atom is -0.263 e. The van der Waals surface area contributed by atoms with Crippen LogP contribution in [0.25, 0.3) is 17.2 Å². The van der Waals surface area contributed by atoms with Crippen molar-refractivity contribution in [1.82, 2.24) is 34.3 Å². The summed E-state index contributed by atoms with van der Waals surface area (Å²) in [7, 11) is 1.24. The lowest BCUT2D eigenvalue weighted by Crippen LogP contribution is -2.11. The Kier molecular flexibility index (Phi) is 5.08. The van der Waals surface area contributed by atoms with E-state index in [1.807, 2.05) is 49.7 Å². The number of halogens is 3. The lowest BCUT2D eigenvalue weighted by molar-refractivity contribution is -0.143. The maximum Gasteiger partial charge on any atom is 0.433 e. The predicted octanol–water partition coefficient (Wildman–Crippen LogP) is 4.52. The lowest BCUT2D eigenvalue weighted by Gasteiger charge is -2.08. The van der Waals surface area contributed by atoms with Crippen LogP contribution in [0.3, 0.4) is 0 Å². The van der Waals surface area contributed by atoms with Gasteiger partial charge in [0.05, 0.1) is 23.6 Å². The number of hydrogen-bond donors (Lipinski definition) is 1. The SMILES string of the molecule is Cc1ccc(Cn2nc(C)c(-n3c(-c4cc(C(F)(F)F)n(C)n4)n[nH]c3=S)c2C)cc1. The van der Waals surface area contributed by atoms with Crippen LogP contribution in [0.15, 0.2) is 30.3 Å². The zero-order valence-electron chi connectivity index (χ0n) is 17.3. The summed E-state index contributed by atoms with van der Waals surface area (Å²) in [6.45, 7) is 6.29. The van der Waals surface area contributed by atoms with Crippen LogP contribution in [-0.2, 0) is 19.8 Å². The van der Waals surface area contributed by atoms with Gasteiger partial charge in [0.25, 0.3) is 0 Å². The molecule has 0 bridgehead atoms. The van der Waals surface area contributed by atoms with E-state index in [0.29, 0.717) is 17.9 Å². The van der Waals surface area contributed by atoms with Crippen molar-refractivity contribution in [3.8, 4) is 17.2 Å². The van der Waals surface area contributed by atoms with Crippen LogP contribution in [0.1, 0.15) is 28.2 Å². The van der Waals surface area contributed by atoms with E-state index in [-0.39, 0.29) is 16.3 Å². The van der Waals surface area contributed by atoms with Gasteiger partial charge < -0.3 is 0 Å². The maximum absolute atomic E-state index is 13.2. The number of nitrogens with one attached hydrogen (secondary N) is 1. The monoisotopic (exact) mass is 447 g/mol. The minimum atomic E-state index is -4.53. The predicted molar refractivity (Wildman–Crippen MR) is 111 cm³/mol. The topological polar surface area (TPSA) is 69.2 Å². The van der Waals surface area contributed by atoms with Crippen LogP contribution in [0.4, 0.5) is 13.2 Å². The number of aromatic amines is 1. The highest BCUT2D eigenvalue weighted by molar-refractivity contribution is 7.71. The van der Waals surface area contributed by atoms with Crippen molar-refractivity contribution in [2.24, 2.45) is 7.05 Å². The van der Waals surface area contributed by atoms with Gasteiger partial charge in [-0.2, -0.15) is 28.5 Å². The summed E-state index contributed by atoms with van der Waals surface area (Å²) in [5, 5.41) is 15.5. The molecular weight excluding hydrogens is 427 g/mol. The molecule has 0 aliphatic heterocycles. The first kappa shape index (κ1) is 21.0. The summed E-state index contributed by atoms with van der Waals surface area (Å²) >= 11 is 5.39. The Morgan fingerprint density at radius 3 is 2.35 bits per heavy atom. The smallest absolute Gasteiger partial charge is 0.263 e. The van der Waals surface area contributed by atoms with Gasteiger partial charge in [-0.15, -0.1) is 0 Å². The van der Waals surface area contributed by atoms with Crippen molar-refractivity contribution in [3.63, 3.8) is 0 Å². The normalized spacial score (nSPS) is 12.0. The zero-order chi connectivity index (χ0) is 22.5. The molecule has 1 N–H and O–H groups in total. The number of rotatable bonds is 4. The van der Waals surface area contributed by atoms with Crippen molar-refractivity contribution in [3.05, 3.63) is 63.3 Å². The van der Waals surface area contributed by atoms with Crippen LogP contribution >= 0.6 is 12.2 Å². The van der Waals surface area contributed by atoms with E-state index in [9.17, 15) is 13.2 Å². The number of aromatic nitrogens is 7. The summed E-state index contributed by atoms with van der Waals surface area (Å²) in [5.41, 5.74) is 3.59. The van der Waals surface area contributed by atoms with E-state index in [0.717, 1.165) is 22.0 Å². The molecule has 1 aromatic carbocycles. The molecule has 31 heavy (non-hydrogen) atoms. The van der Waals surface area contributed by atoms with Crippen LogP contribution in [0.2, 0.25) is 0 Å². The highest BCUT2D eigenvalue weighted by Gasteiger charge is 2.36. The van der Waals surface area contributed by atoms with Crippen molar-refractivity contribution in [2.75, 3.05) is 0 Å². The Bertz CT molecular complexity index is 1310. The largest absolute Gasteiger partial charge is 0.433 e. The number of H-pyrrole nitrogens is 1. The molecule has 0 saturated carbocycles. The van der Waals surface area contributed by atoms with Gasteiger partial charge in [0.1, 0.15) is 11.4 Å². The summed E-state index contributed by atoms with van der Waals surface area (Å²) in [6, 6.07) is 9.10. The summed E-state index contributed by atoms with van der Waals surface area (Å²) in [4.78, 5) is 0. The average molecular weight is 447 g/mol. The van der Waals surface area contributed by atoms with E-state index in [2.05, 4.69) is 20.4 Å². The van der Waals surface area contributed by atoms with Gasteiger partial charge in [0, 0.05) is 7.05 Å². The fourth-order valence-corrected chi connectivity index (χ4v) is 3.77. The third-order valence-corrected chi connectivity index (χ3v) is 5.37. The molecule has 11 heteroatoms. The molecule has 0 amide bonds. The molecule has 0 aliphatic carbocycles. The molecule has 162 valence electrons. The lowest BCUT2D eigenvalue weighted by atomic mass is 10.1. The van der Waals surface area contributed by atoms with Crippen LogP contribution in [0.5, 0.6) is 0 Å². The Morgan fingerprint density at radius 1 is 1.06 bits per heavy atom. The van der Waals surface area contributed by atoms with Crippen molar-refractivity contribution >= 4 is 12.2 Å². The molecule has 0 radical (unpaired) electrons. The van der Waals surface area contributed by atoms with E-state index in [1.54, 1.807) is 4.57 Å². The standard InChI is InChI=1S/C20H20F3N7S/c1-11-5-7-14(8-6-11)10-29-13(3)17(12(2)26-29)30-18(24-25-19(30)31)15-9-16(20(21,22)23)28(4)27-15/h5-9H,10H2,1-4H3,(H,25,31). The van der Waals surface area contributed by atoms with Crippen molar-refractivity contribution in [1.29, 1.82) is 0 Å². The van der Waals surface area contributed by atoms with Crippen molar-refractivity contribution in [2.45, 2.75) is 33.5 Å². The molecular formula is C20H20F3N7S. The Labute approximate surface area is 181 Å².